The van der Waals surface area contributed by atoms with E-state index in [1.807, 2.05) is 0 Å². The molecule has 12 heavy (non-hydrogen) atoms. The fourth-order valence-corrected chi connectivity index (χ4v) is 3.01. The fraction of sp³-hybridized carbons (Fsp3) is 0.833. The molecule has 1 heterocycles. The van der Waals surface area contributed by atoms with Crippen molar-refractivity contribution in [1.29, 1.82) is 0 Å². The summed E-state index contributed by atoms with van der Waals surface area (Å²) in [6.45, 7) is 0. The lowest BCUT2D eigenvalue weighted by molar-refractivity contribution is 0.600. The average Bonchev–Trinajstić information content (AvgIpc) is 2.30. The Balaban J connectivity index is 2.43. The van der Waals surface area contributed by atoms with Crippen LogP contribution in [0, 0.1) is 0 Å². The van der Waals surface area contributed by atoms with Gasteiger partial charge in [-0.3, -0.25) is 0 Å². The van der Waals surface area contributed by atoms with Crippen molar-refractivity contribution < 1.29 is 8.42 Å². The van der Waals surface area contributed by atoms with Crippen molar-refractivity contribution in [3.05, 3.63) is 0 Å². The Morgan fingerprint density at radius 1 is 1.58 bits per heavy atom. The lowest BCUT2D eigenvalue weighted by Crippen LogP contribution is -2.40. The minimum atomic E-state index is -2.80. The maximum atomic E-state index is 11.0. The Hall–Kier alpha value is -0.360. The molecule has 0 amide bonds. The van der Waals surface area contributed by atoms with E-state index in [1.165, 1.54) is 0 Å². The zero-order chi connectivity index (χ0) is 9.19. The predicted octanol–water partition coefficient (Wildman–Crippen LogP) is -0.733. The normalized spacial score (nSPS) is 26.6. The summed E-state index contributed by atoms with van der Waals surface area (Å²) >= 11 is 4.85. The summed E-state index contributed by atoms with van der Waals surface area (Å²) in [5, 5.41) is 6.18. The van der Waals surface area contributed by atoms with Gasteiger partial charge in [0, 0.05) is 13.1 Å². The first-order valence-corrected chi connectivity index (χ1v) is 5.95. The van der Waals surface area contributed by atoms with Gasteiger partial charge in [-0.05, 0) is 18.6 Å². The molecule has 0 aromatic carbocycles. The van der Waals surface area contributed by atoms with Crippen molar-refractivity contribution in [2.45, 2.75) is 12.5 Å². The van der Waals surface area contributed by atoms with E-state index < -0.39 is 9.84 Å². The van der Waals surface area contributed by atoms with E-state index in [0.717, 1.165) is 0 Å². The van der Waals surface area contributed by atoms with Gasteiger partial charge in [-0.1, -0.05) is 0 Å². The molecule has 0 bridgehead atoms. The molecule has 0 unspecified atom stereocenters. The second kappa shape index (κ2) is 3.57. The van der Waals surface area contributed by atoms with E-state index in [9.17, 15) is 8.42 Å². The van der Waals surface area contributed by atoms with Crippen LogP contribution in [0.15, 0.2) is 0 Å². The van der Waals surface area contributed by atoms with Crippen LogP contribution < -0.4 is 10.6 Å². The lowest BCUT2D eigenvalue weighted by Gasteiger charge is -2.11. The highest BCUT2D eigenvalue weighted by Gasteiger charge is 2.27. The molecule has 0 spiro atoms. The fourth-order valence-electron chi connectivity index (χ4n) is 1.17. The van der Waals surface area contributed by atoms with Crippen molar-refractivity contribution in [2.75, 3.05) is 18.6 Å². The molecular weight excluding hydrogens is 196 g/mol. The van der Waals surface area contributed by atoms with Gasteiger partial charge in [0.15, 0.2) is 14.9 Å². The molecule has 0 aliphatic carbocycles. The van der Waals surface area contributed by atoms with E-state index in [2.05, 4.69) is 10.6 Å². The van der Waals surface area contributed by atoms with Crippen LogP contribution >= 0.6 is 12.2 Å². The second-order valence-electron chi connectivity index (χ2n) is 2.82. The Morgan fingerprint density at radius 3 is 2.67 bits per heavy atom. The first-order valence-electron chi connectivity index (χ1n) is 3.72. The molecule has 1 aliphatic rings. The molecule has 0 aromatic rings. The van der Waals surface area contributed by atoms with Gasteiger partial charge in [0.2, 0.25) is 0 Å². The predicted molar refractivity (Wildman–Crippen MR) is 51.9 cm³/mol. The molecule has 70 valence electrons. The monoisotopic (exact) mass is 208 g/mol. The molecule has 1 saturated heterocycles. The Morgan fingerprint density at radius 2 is 2.25 bits per heavy atom. The SMILES string of the molecule is CNC(=S)N[C@@H]1CCS(=O)(=O)C1. The number of hydrogen-bond donors (Lipinski definition) is 2. The van der Waals surface area contributed by atoms with E-state index >= 15 is 0 Å². The molecule has 0 saturated carbocycles. The molecule has 4 nitrogen and oxygen atoms in total. The van der Waals surface area contributed by atoms with Crippen molar-refractivity contribution >= 4 is 27.2 Å². The molecule has 1 aliphatic heterocycles. The molecule has 2 N–H and O–H groups in total. The minimum Gasteiger partial charge on any atom is -0.366 e. The summed E-state index contributed by atoms with van der Waals surface area (Å²) in [7, 11) is -1.09. The van der Waals surface area contributed by atoms with Gasteiger partial charge in [0.05, 0.1) is 11.5 Å². The summed E-state index contributed by atoms with van der Waals surface area (Å²) in [6, 6.07) is -0.00468. The Kier molecular flexibility index (Phi) is 2.89. The maximum absolute atomic E-state index is 11.0. The molecule has 1 atom stereocenters. The number of sulfone groups is 1. The van der Waals surface area contributed by atoms with E-state index in [-0.39, 0.29) is 17.5 Å². The summed E-state index contributed by atoms with van der Waals surface area (Å²) < 4.78 is 22.0. The van der Waals surface area contributed by atoms with E-state index in [1.54, 1.807) is 7.05 Å². The third-order valence-electron chi connectivity index (χ3n) is 1.79. The molecule has 0 radical (unpaired) electrons. The number of rotatable bonds is 1. The molecule has 6 heteroatoms. The smallest absolute Gasteiger partial charge is 0.166 e. The van der Waals surface area contributed by atoms with Crippen molar-refractivity contribution in [2.24, 2.45) is 0 Å². The van der Waals surface area contributed by atoms with Gasteiger partial charge in [0.1, 0.15) is 0 Å². The Labute approximate surface area is 77.6 Å². The van der Waals surface area contributed by atoms with Crippen molar-refractivity contribution in [1.82, 2.24) is 10.6 Å². The summed E-state index contributed by atoms with van der Waals surface area (Å²) in [5.41, 5.74) is 0. The molecular formula is C6H12N2O2S2. The second-order valence-corrected chi connectivity index (χ2v) is 5.46. The van der Waals surface area contributed by atoms with Gasteiger partial charge >= 0.3 is 0 Å². The highest BCUT2D eigenvalue weighted by Crippen LogP contribution is 2.10. The van der Waals surface area contributed by atoms with Gasteiger partial charge in [-0.2, -0.15) is 0 Å². The van der Waals surface area contributed by atoms with Crippen LogP contribution in [0.5, 0.6) is 0 Å². The molecule has 1 fully saturated rings. The summed E-state index contributed by atoms with van der Waals surface area (Å²) in [5.74, 6) is 0.478. The van der Waals surface area contributed by atoms with Crippen LogP contribution in [0.3, 0.4) is 0 Å². The lowest BCUT2D eigenvalue weighted by atomic mass is 10.3. The maximum Gasteiger partial charge on any atom is 0.166 e. The number of hydrogen-bond acceptors (Lipinski definition) is 3. The third kappa shape index (κ3) is 2.60. The highest BCUT2D eigenvalue weighted by molar-refractivity contribution is 7.91. The topological polar surface area (TPSA) is 58.2 Å². The highest BCUT2D eigenvalue weighted by atomic mass is 32.2. The standard InChI is InChI=1S/C6H12N2O2S2/c1-7-6(11)8-5-2-3-12(9,10)4-5/h5H,2-4H2,1H3,(H2,7,8,11)/t5-/m1/s1. The largest absolute Gasteiger partial charge is 0.366 e. The van der Waals surface area contributed by atoms with Crippen molar-refractivity contribution in [3.8, 4) is 0 Å². The van der Waals surface area contributed by atoms with Crippen molar-refractivity contribution in [3.63, 3.8) is 0 Å². The first-order chi connectivity index (χ1) is 5.53. The summed E-state index contributed by atoms with van der Waals surface area (Å²) in [6.07, 6.45) is 0.657. The Bertz CT molecular complexity index is 273. The number of thiocarbonyl (C=S) groups is 1. The van der Waals surface area contributed by atoms with Crippen LogP contribution in [0.25, 0.3) is 0 Å². The van der Waals surface area contributed by atoms with Crippen LogP contribution in [-0.2, 0) is 9.84 Å². The van der Waals surface area contributed by atoms with Crippen LogP contribution in [0.4, 0.5) is 0 Å². The minimum absolute atomic E-state index is 0.00468. The van der Waals surface area contributed by atoms with Crippen LogP contribution in [-0.4, -0.2) is 38.1 Å². The summed E-state index contributed by atoms with van der Waals surface area (Å²) in [4.78, 5) is 0. The first kappa shape index (κ1) is 9.73. The van der Waals surface area contributed by atoms with Crippen LogP contribution in [0.2, 0.25) is 0 Å². The molecule has 1 rings (SSSR count). The zero-order valence-electron chi connectivity index (χ0n) is 6.83. The van der Waals surface area contributed by atoms with Gasteiger partial charge in [0.25, 0.3) is 0 Å². The van der Waals surface area contributed by atoms with Gasteiger partial charge < -0.3 is 10.6 Å². The van der Waals surface area contributed by atoms with Gasteiger partial charge in [-0.25, -0.2) is 8.42 Å². The zero-order valence-corrected chi connectivity index (χ0v) is 8.46. The van der Waals surface area contributed by atoms with Gasteiger partial charge in [-0.15, -0.1) is 0 Å². The third-order valence-corrected chi connectivity index (χ3v) is 3.88. The van der Waals surface area contributed by atoms with E-state index in [0.29, 0.717) is 11.5 Å². The quantitative estimate of drug-likeness (QED) is 0.556. The average molecular weight is 208 g/mol. The number of nitrogens with one attached hydrogen (secondary N) is 2. The molecule has 0 aromatic heterocycles. The van der Waals surface area contributed by atoms with E-state index in [4.69, 9.17) is 12.2 Å². The van der Waals surface area contributed by atoms with Crippen LogP contribution in [0.1, 0.15) is 6.42 Å².